The number of nitrogens with zero attached hydrogens (tertiary/aromatic N) is 5. The van der Waals surface area contributed by atoms with E-state index in [0.29, 0.717) is 42.9 Å². The number of aliphatic imine (C=N–C) groups is 1. The van der Waals surface area contributed by atoms with Crippen LogP contribution in [0, 0.1) is 12.7 Å². The van der Waals surface area contributed by atoms with Crippen molar-refractivity contribution in [2.24, 2.45) is 4.99 Å². The van der Waals surface area contributed by atoms with Crippen molar-refractivity contribution in [2.45, 2.75) is 45.6 Å². The van der Waals surface area contributed by atoms with Gasteiger partial charge < -0.3 is 9.64 Å². The molecule has 1 aliphatic rings. The third-order valence-corrected chi connectivity index (χ3v) is 7.22. The molecule has 1 atom stereocenters. The summed E-state index contributed by atoms with van der Waals surface area (Å²) in [6.07, 6.45) is 4.70. The normalized spacial score (nSPS) is 15.5. The number of rotatable bonds is 8. The standard InChI is InChI=1S/C31H33ClFN5O3/c1-6-26(40)37-15-9-10-21(17-37)41-31(34-5)23-16-24(32)28(22-11-7-8-12-25(22)33)36-30(23)38(18-39)29-20(4)13-14-35-27(29)19(2)3/h6-8,11-14,16,18-19,21H,1,9-10,15,17H2,2-5H3. The Hall–Kier alpha value is -4.11. The molecular formula is C31H33ClFN5O3. The van der Waals surface area contributed by atoms with E-state index in [1.54, 1.807) is 42.4 Å². The molecule has 0 bridgehead atoms. The summed E-state index contributed by atoms with van der Waals surface area (Å²) in [5.74, 6) is -0.342. The van der Waals surface area contributed by atoms with Gasteiger partial charge in [0.2, 0.25) is 18.2 Å². The van der Waals surface area contributed by atoms with Crippen LogP contribution in [0.5, 0.6) is 0 Å². The predicted molar refractivity (Wildman–Crippen MR) is 159 cm³/mol. The maximum Gasteiger partial charge on any atom is 0.246 e. The summed E-state index contributed by atoms with van der Waals surface area (Å²) in [6.45, 7) is 10.4. The number of pyridine rings is 2. The van der Waals surface area contributed by atoms with Crippen LogP contribution in [0.1, 0.15) is 49.4 Å². The minimum Gasteiger partial charge on any atom is -0.472 e. The quantitative estimate of drug-likeness (QED) is 0.137. The molecule has 10 heteroatoms. The van der Waals surface area contributed by atoms with Gasteiger partial charge in [-0.3, -0.25) is 24.5 Å². The Morgan fingerprint density at radius 2 is 2.07 bits per heavy atom. The molecule has 0 saturated carbocycles. The first kappa shape index (κ1) is 29.9. The van der Waals surface area contributed by atoms with E-state index >= 15 is 0 Å². The molecule has 2 amide bonds. The Morgan fingerprint density at radius 3 is 2.73 bits per heavy atom. The Kier molecular flexibility index (Phi) is 9.50. The molecule has 1 saturated heterocycles. The summed E-state index contributed by atoms with van der Waals surface area (Å²) in [4.78, 5) is 41.9. The van der Waals surface area contributed by atoms with Gasteiger partial charge in [-0.05, 0) is 61.6 Å². The Balaban J connectivity index is 1.89. The minimum absolute atomic E-state index is 0.0136. The Bertz CT molecular complexity index is 1490. The number of anilines is 2. The second kappa shape index (κ2) is 13.0. The number of benzene rings is 1. The molecule has 4 rings (SSSR count). The molecule has 1 unspecified atom stereocenters. The van der Waals surface area contributed by atoms with Crippen LogP contribution in [0.4, 0.5) is 15.9 Å². The van der Waals surface area contributed by atoms with Gasteiger partial charge in [0.05, 0.1) is 34.2 Å². The van der Waals surface area contributed by atoms with Crippen LogP contribution >= 0.6 is 11.6 Å². The van der Waals surface area contributed by atoms with Gasteiger partial charge in [0.25, 0.3) is 0 Å². The summed E-state index contributed by atoms with van der Waals surface area (Å²) in [6, 6.07) is 9.55. The number of amides is 2. The van der Waals surface area contributed by atoms with Crippen molar-refractivity contribution < 1.29 is 18.7 Å². The first-order chi connectivity index (χ1) is 19.7. The molecule has 3 heterocycles. The lowest BCUT2D eigenvalue weighted by Crippen LogP contribution is -2.43. The summed E-state index contributed by atoms with van der Waals surface area (Å²) in [7, 11) is 1.56. The molecule has 1 aliphatic heterocycles. The molecule has 1 aromatic carbocycles. The minimum atomic E-state index is -0.506. The molecule has 214 valence electrons. The molecule has 1 fully saturated rings. The van der Waals surface area contributed by atoms with Crippen molar-refractivity contribution in [2.75, 3.05) is 25.0 Å². The maximum absolute atomic E-state index is 14.9. The number of halogens is 2. The fraction of sp³-hybridized carbons (Fsp3) is 0.323. The van der Waals surface area contributed by atoms with E-state index in [0.717, 1.165) is 12.0 Å². The van der Waals surface area contributed by atoms with Crippen LogP contribution in [-0.4, -0.2) is 59.3 Å². The van der Waals surface area contributed by atoms with Crippen LogP contribution in [0.25, 0.3) is 11.3 Å². The van der Waals surface area contributed by atoms with Crippen LogP contribution in [0.2, 0.25) is 5.02 Å². The van der Waals surface area contributed by atoms with Crippen LogP contribution < -0.4 is 4.90 Å². The van der Waals surface area contributed by atoms with Crippen molar-refractivity contribution >= 4 is 41.3 Å². The molecule has 0 radical (unpaired) electrons. The van der Waals surface area contributed by atoms with Crippen molar-refractivity contribution in [3.05, 3.63) is 82.9 Å². The van der Waals surface area contributed by atoms with E-state index in [1.807, 2.05) is 26.8 Å². The van der Waals surface area contributed by atoms with Gasteiger partial charge in [-0.25, -0.2) is 9.37 Å². The number of likely N-dealkylation sites (tertiary alicyclic amines) is 1. The van der Waals surface area contributed by atoms with E-state index in [2.05, 4.69) is 16.6 Å². The van der Waals surface area contributed by atoms with E-state index < -0.39 is 5.82 Å². The number of carbonyl (C=O) groups excluding carboxylic acids is 2. The zero-order valence-corrected chi connectivity index (χ0v) is 24.4. The summed E-state index contributed by atoms with van der Waals surface area (Å²) < 4.78 is 21.3. The van der Waals surface area contributed by atoms with Crippen LogP contribution in [-0.2, 0) is 14.3 Å². The van der Waals surface area contributed by atoms with Crippen molar-refractivity contribution in [3.63, 3.8) is 0 Å². The largest absolute Gasteiger partial charge is 0.472 e. The second-order valence-corrected chi connectivity index (χ2v) is 10.5. The molecule has 3 aromatic rings. The predicted octanol–water partition coefficient (Wildman–Crippen LogP) is 6.23. The van der Waals surface area contributed by atoms with Gasteiger partial charge >= 0.3 is 0 Å². The fourth-order valence-corrected chi connectivity index (χ4v) is 5.19. The lowest BCUT2D eigenvalue weighted by atomic mass is 10.0. The third kappa shape index (κ3) is 6.30. The number of ether oxygens (including phenoxy) is 1. The van der Waals surface area contributed by atoms with Crippen LogP contribution in [0.3, 0.4) is 0 Å². The summed E-state index contributed by atoms with van der Waals surface area (Å²) in [5.41, 5.74) is 2.74. The highest BCUT2D eigenvalue weighted by Crippen LogP contribution is 2.38. The number of carbonyl (C=O) groups is 2. The van der Waals surface area contributed by atoms with Gasteiger partial charge in [-0.2, -0.15) is 0 Å². The highest BCUT2D eigenvalue weighted by molar-refractivity contribution is 6.33. The maximum atomic E-state index is 14.9. The van der Waals surface area contributed by atoms with Crippen LogP contribution in [0.15, 0.2) is 60.2 Å². The van der Waals surface area contributed by atoms with E-state index in [9.17, 15) is 14.0 Å². The van der Waals surface area contributed by atoms with E-state index in [1.165, 1.54) is 17.0 Å². The van der Waals surface area contributed by atoms with Crippen molar-refractivity contribution in [3.8, 4) is 11.3 Å². The molecule has 0 N–H and O–H groups in total. The topological polar surface area (TPSA) is 88.0 Å². The van der Waals surface area contributed by atoms with E-state index in [4.69, 9.17) is 21.3 Å². The SMILES string of the molecule is C=CC(=O)N1CCCC(OC(=NC)c2cc(Cl)c(-c3ccccc3F)nc2N(C=O)c2c(C)ccnc2C(C)C)C1. The summed E-state index contributed by atoms with van der Waals surface area (Å²) >= 11 is 6.72. The van der Waals surface area contributed by atoms with Crippen molar-refractivity contribution in [1.29, 1.82) is 0 Å². The molecule has 8 nitrogen and oxygen atoms in total. The molecular weight excluding hydrogens is 545 g/mol. The molecule has 41 heavy (non-hydrogen) atoms. The number of piperidine rings is 1. The zero-order valence-electron chi connectivity index (χ0n) is 23.6. The number of hydrogen-bond acceptors (Lipinski definition) is 6. The highest BCUT2D eigenvalue weighted by Gasteiger charge is 2.30. The van der Waals surface area contributed by atoms with Gasteiger partial charge in [0.1, 0.15) is 11.9 Å². The number of aryl methyl sites for hydroxylation is 1. The monoisotopic (exact) mass is 577 g/mol. The number of aromatic nitrogens is 2. The van der Waals surface area contributed by atoms with E-state index in [-0.39, 0.29) is 45.9 Å². The summed E-state index contributed by atoms with van der Waals surface area (Å²) in [5, 5.41) is 0.156. The molecule has 0 aliphatic carbocycles. The van der Waals surface area contributed by atoms with Gasteiger partial charge in [0.15, 0.2) is 5.82 Å². The average molecular weight is 578 g/mol. The smallest absolute Gasteiger partial charge is 0.246 e. The highest BCUT2D eigenvalue weighted by atomic mass is 35.5. The van der Waals surface area contributed by atoms with Gasteiger partial charge in [-0.15, -0.1) is 0 Å². The lowest BCUT2D eigenvalue weighted by Gasteiger charge is -2.33. The average Bonchev–Trinajstić information content (AvgIpc) is 2.97. The number of hydrogen-bond donors (Lipinski definition) is 0. The Morgan fingerprint density at radius 1 is 1.32 bits per heavy atom. The van der Waals surface area contributed by atoms with Crippen molar-refractivity contribution in [1.82, 2.24) is 14.9 Å². The molecule has 0 spiro atoms. The van der Waals surface area contributed by atoms with Gasteiger partial charge in [0, 0.05) is 25.4 Å². The fourth-order valence-electron chi connectivity index (χ4n) is 4.94. The molecule has 2 aromatic heterocycles. The lowest BCUT2D eigenvalue weighted by molar-refractivity contribution is -0.128. The third-order valence-electron chi connectivity index (χ3n) is 6.94. The first-order valence-electron chi connectivity index (χ1n) is 13.4. The second-order valence-electron chi connectivity index (χ2n) is 10.1. The van der Waals surface area contributed by atoms with Gasteiger partial charge in [-0.1, -0.05) is 44.2 Å². The first-order valence-corrected chi connectivity index (χ1v) is 13.8. The zero-order chi connectivity index (χ0) is 29.7. The Labute approximate surface area is 244 Å².